The molecule has 0 radical (unpaired) electrons. The fourth-order valence-electron chi connectivity index (χ4n) is 1.96. The van der Waals surface area contributed by atoms with Crippen molar-refractivity contribution in [2.75, 3.05) is 11.5 Å². The zero-order valence-corrected chi connectivity index (χ0v) is 10.7. The minimum Gasteiger partial charge on any atom is -0.405 e. The predicted molar refractivity (Wildman–Crippen MR) is 72.1 cm³/mol. The van der Waals surface area contributed by atoms with E-state index in [1.54, 1.807) is 25.1 Å². The van der Waals surface area contributed by atoms with Gasteiger partial charge in [0.15, 0.2) is 0 Å². The fraction of sp³-hybridized carbons (Fsp3) is 0.143. The number of rotatable bonds is 2. The Balaban J connectivity index is 2.55. The van der Waals surface area contributed by atoms with E-state index in [0.29, 0.717) is 16.8 Å². The van der Waals surface area contributed by atoms with Crippen LogP contribution in [0.4, 0.5) is 24.5 Å². The molecule has 0 bridgehead atoms. The second-order valence-electron chi connectivity index (χ2n) is 4.38. The normalized spacial score (nSPS) is 11.4. The van der Waals surface area contributed by atoms with E-state index in [4.69, 9.17) is 11.5 Å². The van der Waals surface area contributed by atoms with Crippen molar-refractivity contribution in [1.82, 2.24) is 0 Å². The number of hydrogen-bond acceptors (Lipinski definition) is 3. The first kappa shape index (κ1) is 14.0. The van der Waals surface area contributed by atoms with Crippen molar-refractivity contribution in [3.8, 4) is 16.9 Å². The number of alkyl halides is 3. The minimum absolute atomic E-state index is 0.195. The number of halogens is 3. The highest BCUT2D eigenvalue weighted by Crippen LogP contribution is 2.37. The average molecular weight is 282 g/mol. The number of ether oxygens (including phenoxy) is 1. The lowest BCUT2D eigenvalue weighted by Gasteiger charge is -2.15. The summed E-state index contributed by atoms with van der Waals surface area (Å²) in [6, 6.07) is 9.13. The summed E-state index contributed by atoms with van der Waals surface area (Å²) in [4.78, 5) is 0. The first-order valence-corrected chi connectivity index (χ1v) is 5.78. The molecule has 0 unspecified atom stereocenters. The average Bonchev–Trinajstić information content (AvgIpc) is 2.28. The van der Waals surface area contributed by atoms with Crippen molar-refractivity contribution in [3.05, 3.63) is 42.0 Å². The highest BCUT2D eigenvalue weighted by molar-refractivity contribution is 5.76. The molecule has 0 spiro atoms. The van der Waals surface area contributed by atoms with E-state index >= 15 is 0 Å². The van der Waals surface area contributed by atoms with Crippen LogP contribution in [-0.2, 0) is 0 Å². The van der Waals surface area contributed by atoms with E-state index < -0.39 is 6.36 Å². The molecule has 0 heterocycles. The highest BCUT2D eigenvalue weighted by Gasteiger charge is 2.32. The quantitative estimate of drug-likeness (QED) is 0.825. The first-order chi connectivity index (χ1) is 9.26. The Bertz CT molecular complexity index is 639. The minimum atomic E-state index is -4.77. The van der Waals surface area contributed by atoms with E-state index in [1.807, 2.05) is 0 Å². The van der Waals surface area contributed by atoms with Gasteiger partial charge >= 0.3 is 6.36 Å². The van der Waals surface area contributed by atoms with Gasteiger partial charge in [-0.25, -0.2) is 0 Å². The number of hydrogen-bond donors (Lipinski definition) is 2. The summed E-state index contributed by atoms with van der Waals surface area (Å²) >= 11 is 0. The Morgan fingerprint density at radius 2 is 1.45 bits per heavy atom. The van der Waals surface area contributed by atoms with E-state index in [2.05, 4.69) is 4.74 Å². The van der Waals surface area contributed by atoms with Crippen LogP contribution in [0.1, 0.15) is 5.56 Å². The molecule has 2 rings (SSSR count). The third-order valence-corrected chi connectivity index (χ3v) is 2.77. The smallest absolute Gasteiger partial charge is 0.405 e. The topological polar surface area (TPSA) is 61.3 Å². The van der Waals surface area contributed by atoms with Crippen LogP contribution in [-0.4, -0.2) is 6.36 Å². The third kappa shape index (κ3) is 3.14. The standard InChI is InChI=1S/C14H13F3N2O/c1-8-6-9(18)2-4-11(8)12-5-3-10(19)7-13(12)20-14(15,16)17/h2-7H,18-19H2,1H3. The molecular weight excluding hydrogens is 269 g/mol. The summed E-state index contributed by atoms with van der Waals surface area (Å²) in [7, 11) is 0. The van der Waals surface area contributed by atoms with Gasteiger partial charge in [0.25, 0.3) is 0 Å². The fourth-order valence-corrected chi connectivity index (χ4v) is 1.96. The molecule has 6 heteroatoms. The van der Waals surface area contributed by atoms with Crippen molar-refractivity contribution in [2.45, 2.75) is 13.3 Å². The SMILES string of the molecule is Cc1cc(N)ccc1-c1ccc(N)cc1OC(F)(F)F. The zero-order chi connectivity index (χ0) is 14.9. The number of benzene rings is 2. The van der Waals surface area contributed by atoms with Crippen molar-refractivity contribution >= 4 is 11.4 Å². The lowest BCUT2D eigenvalue weighted by atomic mass is 9.99. The van der Waals surface area contributed by atoms with E-state index in [1.165, 1.54) is 12.1 Å². The van der Waals surface area contributed by atoms with Gasteiger partial charge in [0, 0.05) is 23.0 Å². The lowest BCUT2D eigenvalue weighted by Crippen LogP contribution is -2.17. The number of nitrogens with two attached hydrogens (primary N) is 2. The lowest BCUT2D eigenvalue weighted by molar-refractivity contribution is -0.274. The Hall–Kier alpha value is -2.37. The molecule has 0 aromatic heterocycles. The second-order valence-corrected chi connectivity index (χ2v) is 4.38. The molecule has 0 amide bonds. The molecule has 3 nitrogen and oxygen atoms in total. The van der Waals surface area contributed by atoms with Crippen LogP contribution in [0.25, 0.3) is 11.1 Å². The Morgan fingerprint density at radius 1 is 0.900 bits per heavy atom. The molecule has 0 saturated heterocycles. The van der Waals surface area contributed by atoms with E-state index in [0.717, 1.165) is 11.6 Å². The molecule has 2 aromatic rings. The van der Waals surface area contributed by atoms with Gasteiger partial charge < -0.3 is 16.2 Å². The molecule has 4 N–H and O–H groups in total. The van der Waals surface area contributed by atoms with Gasteiger partial charge in [-0.3, -0.25) is 0 Å². The van der Waals surface area contributed by atoms with Crippen molar-refractivity contribution in [1.29, 1.82) is 0 Å². The van der Waals surface area contributed by atoms with Crippen LogP contribution >= 0.6 is 0 Å². The Labute approximate surface area is 114 Å². The van der Waals surface area contributed by atoms with Gasteiger partial charge in [0.2, 0.25) is 0 Å². The summed E-state index contributed by atoms with van der Waals surface area (Å²) in [5.41, 5.74) is 13.6. The van der Waals surface area contributed by atoms with E-state index in [-0.39, 0.29) is 11.4 Å². The molecule has 0 atom stereocenters. The molecule has 2 aromatic carbocycles. The monoisotopic (exact) mass is 282 g/mol. The van der Waals surface area contributed by atoms with Gasteiger partial charge in [-0.1, -0.05) is 6.07 Å². The third-order valence-electron chi connectivity index (χ3n) is 2.77. The van der Waals surface area contributed by atoms with Gasteiger partial charge in [-0.2, -0.15) is 0 Å². The van der Waals surface area contributed by atoms with Crippen LogP contribution in [0, 0.1) is 6.92 Å². The summed E-state index contributed by atoms with van der Waals surface area (Å²) in [5.74, 6) is -0.328. The molecule has 0 fully saturated rings. The largest absolute Gasteiger partial charge is 0.573 e. The summed E-state index contributed by atoms with van der Waals surface area (Å²) in [6.45, 7) is 1.76. The van der Waals surface area contributed by atoms with Gasteiger partial charge in [-0.05, 0) is 42.3 Å². The summed E-state index contributed by atoms with van der Waals surface area (Å²) in [6.07, 6.45) is -4.77. The maximum atomic E-state index is 12.5. The molecule has 0 aliphatic rings. The molecular formula is C14H13F3N2O. The maximum Gasteiger partial charge on any atom is 0.573 e. The van der Waals surface area contributed by atoms with E-state index in [9.17, 15) is 13.2 Å². The van der Waals surface area contributed by atoms with Gasteiger partial charge in [-0.15, -0.1) is 13.2 Å². The molecule has 20 heavy (non-hydrogen) atoms. The molecule has 0 saturated carbocycles. The summed E-state index contributed by atoms with van der Waals surface area (Å²) in [5, 5.41) is 0. The van der Waals surface area contributed by atoms with Gasteiger partial charge in [0.1, 0.15) is 5.75 Å². The van der Waals surface area contributed by atoms with Crippen molar-refractivity contribution < 1.29 is 17.9 Å². The molecule has 0 aliphatic carbocycles. The number of nitrogen functional groups attached to an aromatic ring is 2. The Kier molecular flexibility index (Phi) is 3.48. The van der Waals surface area contributed by atoms with Crippen molar-refractivity contribution in [3.63, 3.8) is 0 Å². The number of aryl methyl sites for hydroxylation is 1. The van der Waals surface area contributed by atoms with Crippen LogP contribution in [0.3, 0.4) is 0 Å². The first-order valence-electron chi connectivity index (χ1n) is 5.78. The molecule has 106 valence electrons. The second kappa shape index (κ2) is 4.96. The zero-order valence-electron chi connectivity index (χ0n) is 10.7. The maximum absolute atomic E-state index is 12.5. The van der Waals surface area contributed by atoms with Crippen LogP contribution < -0.4 is 16.2 Å². The van der Waals surface area contributed by atoms with Crippen molar-refractivity contribution in [2.24, 2.45) is 0 Å². The van der Waals surface area contributed by atoms with Crippen LogP contribution in [0.5, 0.6) is 5.75 Å². The van der Waals surface area contributed by atoms with Crippen LogP contribution in [0.15, 0.2) is 36.4 Å². The predicted octanol–water partition coefficient (Wildman–Crippen LogP) is 3.73. The number of anilines is 2. The molecule has 0 aliphatic heterocycles. The van der Waals surface area contributed by atoms with Crippen LogP contribution in [0.2, 0.25) is 0 Å². The Morgan fingerprint density at radius 3 is 2.00 bits per heavy atom. The highest BCUT2D eigenvalue weighted by atomic mass is 19.4. The summed E-state index contributed by atoms with van der Waals surface area (Å²) < 4.78 is 41.4. The van der Waals surface area contributed by atoms with Gasteiger partial charge in [0.05, 0.1) is 0 Å².